The SMILES string of the molecule is CC(=O)N1C=C(c2ccccc2)[C@H](O)[C@@H](O)[C@@H]1SC12CC3CC(CC(C3)C1)C2. The van der Waals surface area contributed by atoms with Gasteiger partial charge >= 0.3 is 0 Å². The van der Waals surface area contributed by atoms with Crippen LogP contribution in [0.1, 0.15) is 51.0 Å². The maximum atomic E-state index is 12.5. The smallest absolute Gasteiger partial charge is 0.224 e. The van der Waals surface area contributed by atoms with Gasteiger partial charge in [-0.05, 0) is 61.8 Å². The van der Waals surface area contributed by atoms with Crippen molar-refractivity contribution >= 4 is 23.2 Å². The van der Waals surface area contributed by atoms with E-state index in [9.17, 15) is 15.0 Å². The molecule has 28 heavy (non-hydrogen) atoms. The van der Waals surface area contributed by atoms with E-state index >= 15 is 0 Å². The Labute approximate surface area is 171 Å². The van der Waals surface area contributed by atoms with Crippen LogP contribution in [0.2, 0.25) is 0 Å². The molecule has 4 nitrogen and oxygen atoms in total. The minimum Gasteiger partial charge on any atom is -0.387 e. The molecule has 3 atom stereocenters. The maximum Gasteiger partial charge on any atom is 0.224 e. The zero-order valence-corrected chi connectivity index (χ0v) is 17.1. The third kappa shape index (κ3) is 3.12. The summed E-state index contributed by atoms with van der Waals surface area (Å²) in [5.74, 6) is 2.35. The number of carbonyl (C=O) groups excluding carboxylic acids is 1. The second-order valence-corrected chi connectivity index (χ2v) is 11.0. The number of benzene rings is 1. The van der Waals surface area contributed by atoms with Gasteiger partial charge < -0.3 is 15.1 Å². The molecular formula is C23H29NO3S. The summed E-state index contributed by atoms with van der Waals surface area (Å²) in [6.07, 6.45) is 7.50. The molecule has 0 unspecified atom stereocenters. The summed E-state index contributed by atoms with van der Waals surface area (Å²) < 4.78 is 0.159. The Hall–Kier alpha value is -1.30. The van der Waals surface area contributed by atoms with Gasteiger partial charge in [0.25, 0.3) is 0 Å². The molecule has 1 aromatic rings. The highest BCUT2D eigenvalue weighted by Gasteiger charge is 2.54. The molecule has 2 N–H and O–H groups in total. The molecule has 5 aliphatic rings. The summed E-state index contributed by atoms with van der Waals surface area (Å²) >= 11 is 1.77. The minimum absolute atomic E-state index is 0.0818. The molecule has 0 radical (unpaired) electrons. The standard InChI is InChI=1S/C23H29NO3S/c1-14(25)24-13-19(18-5-3-2-4-6-18)20(26)21(27)22(24)28-23-10-15-7-16(11-23)9-17(8-15)12-23/h2-6,13,15-17,20-22,26-27H,7-12H2,1H3/t15?,16?,17?,20-,21+,22-,23?/m0/s1. The lowest BCUT2D eigenvalue weighted by molar-refractivity contribution is -0.129. The van der Waals surface area contributed by atoms with Gasteiger partial charge in [-0.25, -0.2) is 0 Å². The average molecular weight is 400 g/mol. The van der Waals surface area contributed by atoms with E-state index in [-0.39, 0.29) is 10.7 Å². The van der Waals surface area contributed by atoms with Gasteiger partial charge in [-0.3, -0.25) is 4.79 Å². The van der Waals surface area contributed by atoms with Crippen LogP contribution in [0.4, 0.5) is 0 Å². The number of amides is 1. The number of hydrogen-bond donors (Lipinski definition) is 2. The van der Waals surface area contributed by atoms with Crippen molar-refractivity contribution in [1.82, 2.24) is 4.90 Å². The van der Waals surface area contributed by atoms with Gasteiger partial charge in [0.15, 0.2) is 0 Å². The highest BCUT2D eigenvalue weighted by molar-refractivity contribution is 8.01. The number of thioether (sulfide) groups is 1. The van der Waals surface area contributed by atoms with E-state index in [1.807, 2.05) is 30.3 Å². The van der Waals surface area contributed by atoms with Gasteiger partial charge in [0.2, 0.25) is 5.91 Å². The van der Waals surface area contributed by atoms with Crippen LogP contribution in [0.5, 0.6) is 0 Å². The van der Waals surface area contributed by atoms with E-state index in [0.29, 0.717) is 5.57 Å². The molecule has 0 spiro atoms. The largest absolute Gasteiger partial charge is 0.387 e. The first-order chi connectivity index (χ1) is 13.4. The quantitative estimate of drug-likeness (QED) is 0.815. The second kappa shape index (κ2) is 6.89. The van der Waals surface area contributed by atoms with Crippen LogP contribution >= 0.6 is 11.8 Å². The van der Waals surface area contributed by atoms with E-state index in [2.05, 4.69) is 0 Å². The molecule has 6 rings (SSSR count). The monoisotopic (exact) mass is 399 g/mol. The summed E-state index contributed by atoms with van der Waals surface area (Å²) in [6.45, 7) is 1.55. The number of aliphatic hydroxyl groups excluding tert-OH is 2. The van der Waals surface area contributed by atoms with Crippen molar-refractivity contribution in [3.05, 3.63) is 42.1 Å². The van der Waals surface area contributed by atoms with Crippen LogP contribution in [-0.4, -0.2) is 43.3 Å². The average Bonchev–Trinajstić information content (AvgIpc) is 2.65. The maximum absolute atomic E-state index is 12.5. The van der Waals surface area contributed by atoms with Crippen LogP contribution < -0.4 is 0 Å². The van der Waals surface area contributed by atoms with Crippen LogP contribution in [0.3, 0.4) is 0 Å². The minimum atomic E-state index is -0.984. The van der Waals surface area contributed by atoms with Crippen molar-refractivity contribution in [1.29, 1.82) is 0 Å². The van der Waals surface area contributed by atoms with Crippen molar-refractivity contribution in [2.75, 3.05) is 0 Å². The molecule has 150 valence electrons. The van der Waals surface area contributed by atoms with Crippen LogP contribution in [0.15, 0.2) is 36.5 Å². The molecule has 0 saturated heterocycles. The van der Waals surface area contributed by atoms with Gasteiger partial charge in [0.1, 0.15) is 17.6 Å². The topological polar surface area (TPSA) is 60.8 Å². The summed E-state index contributed by atoms with van der Waals surface area (Å²) in [5.41, 5.74) is 1.46. The number of aliphatic hydroxyl groups is 2. The number of rotatable bonds is 3. The predicted octanol–water partition coefficient (Wildman–Crippen LogP) is 3.64. The highest BCUT2D eigenvalue weighted by atomic mass is 32.2. The van der Waals surface area contributed by atoms with Crippen LogP contribution in [0.25, 0.3) is 5.57 Å². The van der Waals surface area contributed by atoms with Gasteiger partial charge in [-0.2, -0.15) is 0 Å². The molecule has 4 fully saturated rings. The van der Waals surface area contributed by atoms with Gasteiger partial charge in [-0.15, -0.1) is 11.8 Å². The van der Waals surface area contributed by atoms with Crippen molar-refractivity contribution in [3.8, 4) is 0 Å². The summed E-state index contributed by atoms with van der Waals surface area (Å²) in [4.78, 5) is 14.2. The Kier molecular flexibility index (Phi) is 4.61. The van der Waals surface area contributed by atoms with E-state index in [1.165, 1.54) is 38.5 Å². The summed E-state index contributed by atoms with van der Waals surface area (Å²) in [5, 5.41) is 21.6. The Morgan fingerprint density at radius 1 is 1.04 bits per heavy atom. The molecular weight excluding hydrogens is 370 g/mol. The van der Waals surface area contributed by atoms with E-state index in [4.69, 9.17) is 0 Å². The van der Waals surface area contributed by atoms with E-state index in [1.54, 1.807) is 29.8 Å². The fraction of sp³-hybridized carbons (Fsp3) is 0.609. The first-order valence-electron chi connectivity index (χ1n) is 10.5. The summed E-state index contributed by atoms with van der Waals surface area (Å²) in [6, 6.07) is 9.55. The van der Waals surface area contributed by atoms with Crippen molar-refractivity contribution in [3.63, 3.8) is 0 Å². The van der Waals surface area contributed by atoms with E-state index in [0.717, 1.165) is 23.3 Å². The molecule has 4 aliphatic carbocycles. The number of hydrogen-bond acceptors (Lipinski definition) is 4. The second-order valence-electron chi connectivity index (χ2n) is 9.42. The molecule has 1 amide bonds. The van der Waals surface area contributed by atoms with Crippen molar-refractivity contribution in [2.24, 2.45) is 17.8 Å². The van der Waals surface area contributed by atoms with Gasteiger partial charge in [0, 0.05) is 23.4 Å². The lowest BCUT2D eigenvalue weighted by atomic mass is 9.56. The molecule has 5 heteroatoms. The number of nitrogens with zero attached hydrogens (tertiary/aromatic N) is 1. The fourth-order valence-corrected chi connectivity index (χ4v) is 8.63. The lowest BCUT2D eigenvalue weighted by Gasteiger charge is -2.58. The first-order valence-corrected chi connectivity index (χ1v) is 11.4. The third-order valence-electron chi connectivity index (χ3n) is 7.31. The number of carbonyl (C=O) groups is 1. The zero-order chi connectivity index (χ0) is 19.5. The highest BCUT2D eigenvalue weighted by Crippen LogP contribution is 2.62. The van der Waals surface area contributed by atoms with Crippen molar-refractivity contribution < 1.29 is 15.0 Å². The zero-order valence-electron chi connectivity index (χ0n) is 16.3. The molecule has 0 aromatic heterocycles. The van der Waals surface area contributed by atoms with Crippen LogP contribution in [-0.2, 0) is 4.79 Å². The predicted molar refractivity (Wildman–Crippen MR) is 111 cm³/mol. The Bertz CT molecular complexity index is 757. The molecule has 1 heterocycles. The Morgan fingerprint density at radius 3 is 2.14 bits per heavy atom. The summed E-state index contributed by atoms with van der Waals surface area (Å²) in [7, 11) is 0. The molecule has 4 bridgehead atoms. The Morgan fingerprint density at radius 2 is 1.61 bits per heavy atom. The lowest BCUT2D eigenvalue weighted by Crippen LogP contribution is -2.55. The normalized spacial score (nSPS) is 41.8. The third-order valence-corrected chi connectivity index (χ3v) is 9.06. The molecule has 1 aromatic carbocycles. The van der Waals surface area contributed by atoms with E-state index < -0.39 is 17.6 Å². The molecule has 4 saturated carbocycles. The Balaban J connectivity index is 1.46. The first kappa shape index (κ1) is 18.7. The fourth-order valence-electron chi connectivity index (χ4n) is 6.51. The molecule has 1 aliphatic heterocycles. The van der Waals surface area contributed by atoms with Crippen LogP contribution in [0, 0.1) is 17.8 Å². The van der Waals surface area contributed by atoms with Gasteiger partial charge in [0.05, 0.1) is 0 Å². The van der Waals surface area contributed by atoms with Crippen molar-refractivity contribution in [2.45, 2.75) is 67.8 Å². The van der Waals surface area contributed by atoms with Gasteiger partial charge in [-0.1, -0.05) is 30.3 Å².